The molecule has 0 N–H and O–H groups in total. The van der Waals surface area contributed by atoms with Crippen molar-refractivity contribution >= 4 is 12.6 Å². The van der Waals surface area contributed by atoms with E-state index in [1.807, 2.05) is 20.8 Å². The molecule has 24 heavy (non-hydrogen) atoms. The first-order valence-electron chi connectivity index (χ1n) is 7.80. The molecule has 2 aromatic carbocycles. The van der Waals surface area contributed by atoms with Gasteiger partial charge in [-0.1, -0.05) is 26.0 Å². The van der Waals surface area contributed by atoms with Crippen LogP contribution in [0.1, 0.15) is 48.6 Å². The Morgan fingerprint density at radius 2 is 1.75 bits per heavy atom. The minimum Gasteiger partial charge on any atom is -0.493 e. The first kappa shape index (κ1) is 18.6. The smallest absolute Gasteiger partial charge is 0.171 e. The Kier molecular flexibility index (Phi) is 6.10. The number of rotatable bonds is 6. The second kappa shape index (κ2) is 7.88. The van der Waals surface area contributed by atoms with Crippen LogP contribution < -0.4 is 9.47 Å². The maximum absolute atomic E-state index is 14.6. The van der Waals surface area contributed by atoms with E-state index in [0.29, 0.717) is 16.9 Å². The predicted molar refractivity (Wildman–Crippen MR) is 95.2 cm³/mol. The van der Waals surface area contributed by atoms with E-state index in [1.165, 1.54) is 19.2 Å². The van der Waals surface area contributed by atoms with E-state index in [9.17, 15) is 8.78 Å². The van der Waals surface area contributed by atoms with Crippen LogP contribution in [0.3, 0.4) is 0 Å². The van der Waals surface area contributed by atoms with Gasteiger partial charge in [0.15, 0.2) is 11.6 Å². The summed E-state index contributed by atoms with van der Waals surface area (Å²) in [6, 6.07) is 7.81. The van der Waals surface area contributed by atoms with Gasteiger partial charge >= 0.3 is 0 Å². The zero-order valence-electron chi connectivity index (χ0n) is 14.3. The highest BCUT2D eigenvalue weighted by Gasteiger charge is 2.17. The summed E-state index contributed by atoms with van der Waals surface area (Å²) in [4.78, 5) is 0. The van der Waals surface area contributed by atoms with E-state index in [4.69, 9.17) is 9.47 Å². The zero-order valence-corrected chi connectivity index (χ0v) is 15.2. The minimum atomic E-state index is -0.455. The molecule has 0 fully saturated rings. The highest BCUT2D eigenvalue weighted by Crippen LogP contribution is 2.34. The van der Waals surface area contributed by atoms with Crippen LogP contribution in [0.15, 0.2) is 30.3 Å². The van der Waals surface area contributed by atoms with E-state index in [0.717, 1.165) is 5.56 Å². The van der Waals surface area contributed by atoms with E-state index >= 15 is 0 Å². The van der Waals surface area contributed by atoms with Gasteiger partial charge in [0, 0.05) is 16.4 Å². The Morgan fingerprint density at radius 1 is 1.04 bits per heavy atom. The summed E-state index contributed by atoms with van der Waals surface area (Å²) in [7, 11) is 1.43. The molecular formula is C19H22F2O2S. The SMILES string of the molecule is COc1c(C(C)S)ccc(COc2ccc(F)cc2C(C)C)c1F. The summed E-state index contributed by atoms with van der Waals surface area (Å²) in [5, 5.41) is -0.144. The number of hydrogen-bond acceptors (Lipinski definition) is 3. The molecule has 0 spiro atoms. The number of thiol groups is 1. The van der Waals surface area contributed by atoms with Crippen LogP contribution >= 0.6 is 12.6 Å². The molecule has 0 saturated heterocycles. The summed E-state index contributed by atoms with van der Waals surface area (Å²) >= 11 is 4.33. The van der Waals surface area contributed by atoms with E-state index in [2.05, 4.69) is 12.6 Å². The molecule has 0 aliphatic heterocycles. The first-order chi connectivity index (χ1) is 11.3. The van der Waals surface area contributed by atoms with Gasteiger partial charge in [0.25, 0.3) is 0 Å². The molecule has 0 amide bonds. The van der Waals surface area contributed by atoms with Crippen molar-refractivity contribution in [3.05, 3.63) is 58.7 Å². The molecule has 0 radical (unpaired) electrons. The van der Waals surface area contributed by atoms with Crippen molar-refractivity contribution in [2.24, 2.45) is 0 Å². The lowest BCUT2D eigenvalue weighted by Crippen LogP contribution is -2.05. The van der Waals surface area contributed by atoms with Crippen molar-refractivity contribution in [3.63, 3.8) is 0 Å². The van der Waals surface area contributed by atoms with Gasteiger partial charge < -0.3 is 9.47 Å². The third kappa shape index (κ3) is 4.01. The van der Waals surface area contributed by atoms with Crippen LogP contribution in [0.25, 0.3) is 0 Å². The number of halogens is 2. The standard InChI is InChI=1S/C19H22F2O2S/c1-11(2)16-9-14(20)6-8-17(16)23-10-13-5-7-15(12(3)24)19(22-4)18(13)21/h5-9,11-12,24H,10H2,1-4H3. The van der Waals surface area contributed by atoms with Crippen LogP contribution in [0, 0.1) is 11.6 Å². The molecule has 0 heterocycles. The van der Waals surface area contributed by atoms with Gasteiger partial charge in [-0.05, 0) is 36.6 Å². The van der Waals surface area contributed by atoms with Crippen LogP contribution in [0.4, 0.5) is 8.78 Å². The third-order valence-electron chi connectivity index (χ3n) is 3.84. The fraction of sp³-hybridized carbons (Fsp3) is 0.368. The van der Waals surface area contributed by atoms with Gasteiger partial charge in [-0.2, -0.15) is 12.6 Å². The Morgan fingerprint density at radius 3 is 2.33 bits per heavy atom. The van der Waals surface area contributed by atoms with Crippen LogP contribution in [0.5, 0.6) is 11.5 Å². The van der Waals surface area contributed by atoms with Crippen molar-refractivity contribution in [1.82, 2.24) is 0 Å². The maximum Gasteiger partial charge on any atom is 0.171 e. The number of hydrogen-bond donors (Lipinski definition) is 1. The molecule has 1 unspecified atom stereocenters. The summed E-state index contributed by atoms with van der Waals surface area (Å²) < 4.78 is 39.0. The largest absolute Gasteiger partial charge is 0.493 e. The summed E-state index contributed by atoms with van der Waals surface area (Å²) in [5.41, 5.74) is 1.82. The third-order valence-corrected chi connectivity index (χ3v) is 4.12. The summed E-state index contributed by atoms with van der Waals surface area (Å²) in [6.45, 7) is 5.79. The minimum absolute atomic E-state index is 0.0365. The quantitative estimate of drug-likeness (QED) is 0.676. The second-order valence-electron chi connectivity index (χ2n) is 5.96. The number of methoxy groups -OCH3 is 1. The van der Waals surface area contributed by atoms with Crippen molar-refractivity contribution < 1.29 is 18.3 Å². The van der Waals surface area contributed by atoms with Crippen molar-refractivity contribution in [3.8, 4) is 11.5 Å². The first-order valence-corrected chi connectivity index (χ1v) is 8.32. The highest BCUT2D eigenvalue weighted by molar-refractivity contribution is 7.80. The van der Waals surface area contributed by atoms with E-state index in [-0.39, 0.29) is 29.3 Å². The lowest BCUT2D eigenvalue weighted by molar-refractivity contribution is 0.291. The van der Waals surface area contributed by atoms with Gasteiger partial charge in [-0.15, -0.1) is 0 Å². The maximum atomic E-state index is 14.6. The van der Waals surface area contributed by atoms with Crippen LogP contribution in [-0.2, 0) is 6.61 Å². The Hall–Kier alpha value is -1.75. The Labute approximate surface area is 147 Å². The Bertz CT molecular complexity index is 715. The van der Waals surface area contributed by atoms with Crippen molar-refractivity contribution in [2.75, 3.05) is 7.11 Å². The lowest BCUT2D eigenvalue weighted by atomic mass is 10.0. The monoisotopic (exact) mass is 352 g/mol. The normalized spacial score (nSPS) is 12.3. The fourth-order valence-electron chi connectivity index (χ4n) is 2.52. The number of ether oxygens (including phenoxy) is 2. The highest BCUT2D eigenvalue weighted by atomic mass is 32.1. The van der Waals surface area contributed by atoms with Crippen LogP contribution in [0.2, 0.25) is 0 Å². The second-order valence-corrected chi connectivity index (χ2v) is 6.74. The molecule has 0 aromatic heterocycles. The molecule has 5 heteroatoms. The average Bonchev–Trinajstić information content (AvgIpc) is 2.53. The molecule has 2 rings (SSSR count). The van der Waals surface area contributed by atoms with Crippen LogP contribution in [-0.4, -0.2) is 7.11 Å². The Balaban J connectivity index is 2.27. The molecule has 0 aliphatic carbocycles. The van der Waals surface area contributed by atoms with E-state index < -0.39 is 5.82 Å². The lowest BCUT2D eigenvalue weighted by Gasteiger charge is -2.17. The van der Waals surface area contributed by atoms with Crippen molar-refractivity contribution in [1.29, 1.82) is 0 Å². The molecule has 0 aliphatic rings. The molecular weight excluding hydrogens is 330 g/mol. The number of benzene rings is 2. The van der Waals surface area contributed by atoms with Gasteiger partial charge in [0.05, 0.1) is 7.11 Å². The average molecular weight is 352 g/mol. The molecule has 2 nitrogen and oxygen atoms in total. The van der Waals surface area contributed by atoms with Gasteiger partial charge in [-0.3, -0.25) is 0 Å². The van der Waals surface area contributed by atoms with E-state index in [1.54, 1.807) is 18.2 Å². The molecule has 2 aromatic rings. The van der Waals surface area contributed by atoms with Crippen molar-refractivity contribution in [2.45, 2.75) is 38.5 Å². The summed E-state index contributed by atoms with van der Waals surface area (Å²) in [5.74, 6) is 0.0656. The molecule has 130 valence electrons. The van der Waals surface area contributed by atoms with Gasteiger partial charge in [-0.25, -0.2) is 8.78 Å². The molecule has 0 bridgehead atoms. The topological polar surface area (TPSA) is 18.5 Å². The fourth-order valence-corrected chi connectivity index (χ4v) is 2.72. The molecule has 1 atom stereocenters. The zero-order chi connectivity index (χ0) is 17.9. The summed E-state index contributed by atoms with van der Waals surface area (Å²) in [6.07, 6.45) is 0. The molecule has 0 saturated carbocycles. The predicted octanol–water partition coefficient (Wildman–Crippen LogP) is 5.67. The van der Waals surface area contributed by atoms with Gasteiger partial charge in [0.2, 0.25) is 0 Å². The van der Waals surface area contributed by atoms with Gasteiger partial charge in [0.1, 0.15) is 18.2 Å².